The SMILES string of the molecule is CCOc1ccc(S(=O)(=O)N2CCC(C(=O)Nc3ccc(S(N)(=O)=O)cc3)CC2)cc1. The van der Waals surface area contributed by atoms with Crippen LogP contribution in [0.5, 0.6) is 5.75 Å². The molecular formula is C20H25N3O6S2. The Morgan fingerprint density at radius 3 is 2.06 bits per heavy atom. The fourth-order valence-corrected chi connectivity index (χ4v) is 5.34. The van der Waals surface area contributed by atoms with E-state index in [-0.39, 0.29) is 34.7 Å². The summed E-state index contributed by atoms with van der Waals surface area (Å²) in [6.07, 6.45) is 0.773. The van der Waals surface area contributed by atoms with Crippen molar-refractivity contribution in [3.63, 3.8) is 0 Å². The Labute approximate surface area is 182 Å². The molecule has 1 aliphatic rings. The van der Waals surface area contributed by atoms with Crippen LogP contribution in [0.25, 0.3) is 0 Å². The molecule has 168 valence electrons. The van der Waals surface area contributed by atoms with Crippen molar-refractivity contribution in [3.05, 3.63) is 48.5 Å². The van der Waals surface area contributed by atoms with E-state index >= 15 is 0 Å². The molecule has 9 nitrogen and oxygen atoms in total. The number of anilines is 1. The molecule has 1 amide bonds. The van der Waals surface area contributed by atoms with Gasteiger partial charge < -0.3 is 10.1 Å². The lowest BCUT2D eigenvalue weighted by Crippen LogP contribution is -2.41. The van der Waals surface area contributed by atoms with Crippen molar-refractivity contribution in [1.82, 2.24) is 4.31 Å². The second-order valence-corrected chi connectivity index (χ2v) is 10.6. The normalized spacial score (nSPS) is 16.1. The summed E-state index contributed by atoms with van der Waals surface area (Å²) in [5, 5.41) is 7.80. The molecule has 0 unspecified atom stereocenters. The van der Waals surface area contributed by atoms with Crippen LogP contribution < -0.4 is 15.2 Å². The van der Waals surface area contributed by atoms with Gasteiger partial charge in [-0.15, -0.1) is 0 Å². The van der Waals surface area contributed by atoms with Crippen LogP contribution in [-0.2, 0) is 24.8 Å². The van der Waals surface area contributed by atoms with Crippen LogP contribution in [0.4, 0.5) is 5.69 Å². The Morgan fingerprint density at radius 2 is 1.55 bits per heavy atom. The number of hydrogen-bond donors (Lipinski definition) is 2. The summed E-state index contributed by atoms with van der Waals surface area (Å²) >= 11 is 0. The molecule has 1 heterocycles. The zero-order chi connectivity index (χ0) is 22.6. The number of nitrogens with one attached hydrogen (secondary N) is 1. The third kappa shape index (κ3) is 5.62. The maximum absolute atomic E-state index is 12.9. The van der Waals surface area contributed by atoms with Gasteiger partial charge in [-0.3, -0.25) is 4.79 Å². The summed E-state index contributed by atoms with van der Waals surface area (Å²) in [4.78, 5) is 12.7. The number of piperidine rings is 1. The highest BCUT2D eigenvalue weighted by Crippen LogP contribution is 2.26. The highest BCUT2D eigenvalue weighted by Gasteiger charge is 2.32. The Morgan fingerprint density at radius 1 is 1.00 bits per heavy atom. The molecule has 31 heavy (non-hydrogen) atoms. The number of sulfonamides is 2. The Bertz CT molecular complexity index is 1120. The van der Waals surface area contributed by atoms with Crippen molar-refractivity contribution < 1.29 is 26.4 Å². The van der Waals surface area contributed by atoms with Crippen molar-refractivity contribution in [2.45, 2.75) is 29.6 Å². The molecule has 0 aliphatic carbocycles. The smallest absolute Gasteiger partial charge is 0.243 e. The first-order valence-electron chi connectivity index (χ1n) is 9.78. The van der Waals surface area contributed by atoms with Crippen LogP contribution in [0.15, 0.2) is 58.3 Å². The van der Waals surface area contributed by atoms with Crippen molar-refractivity contribution >= 4 is 31.6 Å². The van der Waals surface area contributed by atoms with E-state index < -0.39 is 20.0 Å². The zero-order valence-corrected chi connectivity index (χ0v) is 18.7. The topological polar surface area (TPSA) is 136 Å². The quantitative estimate of drug-likeness (QED) is 0.637. The molecule has 0 radical (unpaired) electrons. The second kappa shape index (κ2) is 9.35. The molecule has 11 heteroatoms. The second-order valence-electron chi connectivity index (χ2n) is 7.14. The van der Waals surface area contributed by atoms with Gasteiger partial charge in [0.1, 0.15) is 5.75 Å². The van der Waals surface area contributed by atoms with Gasteiger partial charge in [0.15, 0.2) is 0 Å². The molecular weight excluding hydrogens is 442 g/mol. The van der Waals surface area contributed by atoms with E-state index in [4.69, 9.17) is 9.88 Å². The van der Waals surface area contributed by atoms with Crippen molar-refractivity contribution in [2.75, 3.05) is 25.0 Å². The summed E-state index contributed by atoms with van der Waals surface area (Å²) in [6.45, 7) is 2.82. The standard InChI is InChI=1S/C20H25N3O6S2/c1-2-29-17-5-9-19(10-6-17)31(27,28)23-13-11-15(12-14-23)20(24)22-16-3-7-18(8-4-16)30(21,25)26/h3-10,15H,2,11-14H2,1H3,(H,22,24)(H2,21,25,26). The lowest BCUT2D eigenvalue weighted by atomic mass is 9.97. The van der Waals surface area contributed by atoms with Crippen LogP contribution in [0, 0.1) is 5.92 Å². The summed E-state index contributed by atoms with van der Waals surface area (Å²) in [5.74, 6) is 0.0279. The molecule has 0 saturated carbocycles. The van der Waals surface area contributed by atoms with Gasteiger partial charge in [0.25, 0.3) is 0 Å². The van der Waals surface area contributed by atoms with Gasteiger partial charge in [-0.1, -0.05) is 0 Å². The van der Waals surface area contributed by atoms with E-state index in [1.807, 2.05) is 6.92 Å². The molecule has 2 aromatic carbocycles. The van der Waals surface area contributed by atoms with E-state index in [9.17, 15) is 21.6 Å². The van der Waals surface area contributed by atoms with Gasteiger partial charge in [0, 0.05) is 24.7 Å². The third-order valence-corrected chi connectivity index (χ3v) is 7.89. The molecule has 3 rings (SSSR count). The fraction of sp³-hybridized carbons (Fsp3) is 0.350. The minimum atomic E-state index is -3.80. The molecule has 3 N–H and O–H groups in total. The van der Waals surface area contributed by atoms with Crippen LogP contribution >= 0.6 is 0 Å². The van der Waals surface area contributed by atoms with Gasteiger partial charge in [-0.2, -0.15) is 4.31 Å². The first-order chi connectivity index (χ1) is 14.6. The lowest BCUT2D eigenvalue weighted by Gasteiger charge is -2.30. The van der Waals surface area contributed by atoms with Gasteiger partial charge in [0.05, 0.1) is 16.4 Å². The molecule has 1 saturated heterocycles. The van der Waals surface area contributed by atoms with E-state index in [1.165, 1.54) is 40.7 Å². The largest absolute Gasteiger partial charge is 0.494 e. The summed E-state index contributed by atoms with van der Waals surface area (Å²) in [5.41, 5.74) is 0.446. The summed E-state index contributed by atoms with van der Waals surface area (Å²) in [6, 6.07) is 11.8. The lowest BCUT2D eigenvalue weighted by molar-refractivity contribution is -0.120. The average Bonchev–Trinajstić information content (AvgIpc) is 2.74. The third-order valence-electron chi connectivity index (χ3n) is 5.05. The highest BCUT2D eigenvalue weighted by molar-refractivity contribution is 7.89. The van der Waals surface area contributed by atoms with Gasteiger partial charge in [-0.25, -0.2) is 22.0 Å². The fourth-order valence-electron chi connectivity index (χ4n) is 3.35. The van der Waals surface area contributed by atoms with E-state index in [0.717, 1.165) is 0 Å². The number of nitrogens with two attached hydrogens (primary N) is 1. The first kappa shape index (κ1) is 23.2. The van der Waals surface area contributed by atoms with Crippen LogP contribution in [-0.4, -0.2) is 46.7 Å². The van der Waals surface area contributed by atoms with E-state index in [2.05, 4.69) is 5.32 Å². The highest BCUT2D eigenvalue weighted by atomic mass is 32.2. The van der Waals surface area contributed by atoms with E-state index in [0.29, 0.717) is 30.9 Å². The first-order valence-corrected chi connectivity index (χ1v) is 12.8. The number of hydrogen-bond acceptors (Lipinski definition) is 6. The predicted octanol–water partition coefficient (Wildman–Crippen LogP) is 1.77. The van der Waals surface area contributed by atoms with Crippen molar-refractivity contribution in [2.24, 2.45) is 11.1 Å². The maximum Gasteiger partial charge on any atom is 0.243 e. The zero-order valence-electron chi connectivity index (χ0n) is 17.0. The monoisotopic (exact) mass is 467 g/mol. The number of carbonyl (C=O) groups excluding carboxylic acids is 1. The molecule has 2 aromatic rings. The average molecular weight is 468 g/mol. The number of carbonyl (C=O) groups is 1. The van der Waals surface area contributed by atoms with Gasteiger partial charge in [-0.05, 0) is 68.3 Å². The van der Waals surface area contributed by atoms with Crippen molar-refractivity contribution in [1.29, 1.82) is 0 Å². The van der Waals surface area contributed by atoms with Gasteiger partial charge >= 0.3 is 0 Å². The Hall–Kier alpha value is -2.47. The van der Waals surface area contributed by atoms with Crippen LogP contribution in [0.1, 0.15) is 19.8 Å². The Balaban J connectivity index is 1.58. The van der Waals surface area contributed by atoms with E-state index in [1.54, 1.807) is 12.1 Å². The molecule has 0 bridgehead atoms. The maximum atomic E-state index is 12.9. The number of primary sulfonamides is 1. The molecule has 1 aliphatic heterocycles. The van der Waals surface area contributed by atoms with Crippen LogP contribution in [0.3, 0.4) is 0 Å². The number of nitrogens with zero attached hydrogens (tertiary/aromatic N) is 1. The summed E-state index contributed by atoms with van der Waals surface area (Å²) in [7, 11) is -7.44. The number of benzene rings is 2. The minimum absolute atomic E-state index is 0.0432. The molecule has 0 spiro atoms. The Kier molecular flexibility index (Phi) is 6.99. The van der Waals surface area contributed by atoms with Crippen molar-refractivity contribution in [3.8, 4) is 5.75 Å². The van der Waals surface area contributed by atoms with Gasteiger partial charge in [0.2, 0.25) is 26.0 Å². The number of ether oxygens (including phenoxy) is 1. The molecule has 1 fully saturated rings. The minimum Gasteiger partial charge on any atom is -0.494 e. The summed E-state index contributed by atoms with van der Waals surface area (Å²) < 4.78 is 55.1. The predicted molar refractivity (Wildman–Crippen MR) is 116 cm³/mol. The molecule has 0 atom stereocenters. The molecule has 0 aromatic heterocycles. The number of rotatable bonds is 7. The number of amides is 1. The van der Waals surface area contributed by atoms with Crippen LogP contribution in [0.2, 0.25) is 0 Å².